The fourth-order valence-electron chi connectivity index (χ4n) is 3.17. The predicted octanol–water partition coefficient (Wildman–Crippen LogP) is 3.67. The summed E-state index contributed by atoms with van der Waals surface area (Å²) in [6.45, 7) is 2.66. The molecule has 0 bridgehead atoms. The first kappa shape index (κ1) is 15.2. The number of ether oxygens (including phenoxy) is 1. The second-order valence-corrected chi connectivity index (χ2v) is 6.16. The van der Waals surface area contributed by atoms with Crippen LogP contribution in [0.5, 0.6) is 0 Å². The van der Waals surface area contributed by atoms with Gasteiger partial charge < -0.3 is 18.3 Å². The topological polar surface area (TPSA) is 58.0 Å². The zero-order valence-corrected chi connectivity index (χ0v) is 13.7. The van der Waals surface area contributed by atoms with Gasteiger partial charge in [-0.1, -0.05) is 0 Å². The first-order chi connectivity index (χ1) is 11.9. The highest BCUT2D eigenvalue weighted by Gasteiger charge is 2.20. The lowest BCUT2D eigenvalue weighted by Gasteiger charge is -2.20. The van der Waals surface area contributed by atoms with Crippen molar-refractivity contribution in [2.45, 2.75) is 44.9 Å². The van der Waals surface area contributed by atoms with Crippen LogP contribution >= 0.6 is 0 Å². The van der Waals surface area contributed by atoms with E-state index < -0.39 is 0 Å². The van der Waals surface area contributed by atoms with E-state index >= 15 is 0 Å². The van der Waals surface area contributed by atoms with Crippen LogP contribution in [-0.4, -0.2) is 25.7 Å². The minimum atomic E-state index is 0.0946. The fraction of sp³-hybridized carbons (Fsp3) is 0.444. The summed E-state index contributed by atoms with van der Waals surface area (Å²) in [6, 6.07) is 4.03. The molecule has 3 aromatic rings. The van der Waals surface area contributed by atoms with Gasteiger partial charge in [0.05, 0.1) is 6.33 Å². The first-order valence-electron chi connectivity index (χ1n) is 8.59. The summed E-state index contributed by atoms with van der Waals surface area (Å²) >= 11 is 0. The molecule has 0 unspecified atom stereocenters. The van der Waals surface area contributed by atoms with E-state index in [9.17, 15) is 0 Å². The van der Waals surface area contributed by atoms with Gasteiger partial charge in [-0.3, -0.25) is 0 Å². The molecular weight excluding hydrogens is 304 g/mol. The third-order valence-corrected chi connectivity index (χ3v) is 4.43. The smallest absolute Gasteiger partial charge is 0.176 e. The Balaban J connectivity index is 1.43. The SMILES string of the molecule is c1cn(CCCn2ccnc2-c2ccc([C@H]3CCCCO3)o2)cn1. The van der Waals surface area contributed by atoms with Crippen LogP contribution in [0.25, 0.3) is 11.6 Å². The Morgan fingerprint density at radius 3 is 2.96 bits per heavy atom. The Kier molecular flexibility index (Phi) is 4.46. The molecule has 1 aliphatic rings. The van der Waals surface area contributed by atoms with Crippen LogP contribution in [0.4, 0.5) is 0 Å². The summed E-state index contributed by atoms with van der Waals surface area (Å²) in [7, 11) is 0. The highest BCUT2D eigenvalue weighted by Crippen LogP contribution is 2.31. The molecule has 1 atom stereocenters. The summed E-state index contributed by atoms with van der Waals surface area (Å²) in [5.41, 5.74) is 0. The third kappa shape index (κ3) is 3.28. The Morgan fingerprint density at radius 1 is 1.12 bits per heavy atom. The summed E-state index contributed by atoms with van der Waals surface area (Å²) in [4.78, 5) is 8.54. The molecule has 0 spiro atoms. The number of hydrogen-bond acceptors (Lipinski definition) is 4. The maximum Gasteiger partial charge on any atom is 0.176 e. The molecule has 4 rings (SSSR count). The zero-order valence-electron chi connectivity index (χ0n) is 13.7. The van der Waals surface area contributed by atoms with E-state index in [1.165, 1.54) is 6.42 Å². The monoisotopic (exact) mass is 326 g/mol. The maximum absolute atomic E-state index is 6.04. The number of hydrogen-bond donors (Lipinski definition) is 0. The second-order valence-electron chi connectivity index (χ2n) is 6.16. The van der Waals surface area contributed by atoms with E-state index in [1.54, 1.807) is 6.20 Å². The van der Waals surface area contributed by atoms with Crippen LogP contribution in [-0.2, 0) is 17.8 Å². The van der Waals surface area contributed by atoms with Gasteiger partial charge in [-0.2, -0.15) is 0 Å². The first-order valence-corrected chi connectivity index (χ1v) is 8.59. The molecule has 1 fully saturated rings. The minimum Gasteiger partial charge on any atom is -0.455 e. The van der Waals surface area contributed by atoms with Crippen molar-refractivity contribution in [2.75, 3.05) is 6.61 Å². The van der Waals surface area contributed by atoms with Gasteiger partial charge in [0.2, 0.25) is 0 Å². The molecule has 4 heterocycles. The van der Waals surface area contributed by atoms with Crippen molar-refractivity contribution < 1.29 is 9.15 Å². The molecule has 0 aliphatic carbocycles. The van der Waals surface area contributed by atoms with E-state index in [0.717, 1.165) is 56.3 Å². The molecular formula is C18H22N4O2. The lowest BCUT2D eigenvalue weighted by molar-refractivity contribution is 0.00218. The van der Waals surface area contributed by atoms with Crippen LogP contribution < -0.4 is 0 Å². The van der Waals surface area contributed by atoms with Gasteiger partial charge in [-0.25, -0.2) is 9.97 Å². The van der Waals surface area contributed by atoms with Crippen LogP contribution in [0.15, 0.2) is 47.7 Å². The molecule has 1 aliphatic heterocycles. The van der Waals surface area contributed by atoms with Gasteiger partial charge >= 0.3 is 0 Å². The molecule has 24 heavy (non-hydrogen) atoms. The summed E-state index contributed by atoms with van der Waals surface area (Å²) in [6.07, 6.45) is 13.9. The van der Waals surface area contributed by atoms with Crippen LogP contribution in [0.2, 0.25) is 0 Å². The number of rotatable bonds is 6. The average molecular weight is 326 g/mol. The molecule has 0 aromatic carbocycles. The fourth-order valence-corrected chi connectivity index (χ4v) is 3.17. The van der Waals surface area contributed by atoms with Gasteiger partial charge in [0.15, 0.2) is 11.6 Å². The highest BCUT2D eigenvalue weighted by atomic mass is 16.5. The van der Waals surface area contributed by atoms with E-state index in [1.807, 2.05) is 37.1 Å². The molecule has 0 amide bonds. The molecule has 126 valence electrons. The average Bonchev–Trinajstić information content (AvgIpc) is 3.37. The number of furan rings is 1. The lowest BCUT2D eigenvalue weighted by Crippen LogP contribution is -2.10. The Morgan fingerprint density at radius 2 is 2.12 bits per heavy atom. The minimum absolute atomic E-state index is 0.0946. The zero-order chi connectivity index (χ0) is 16.2. The van der Waals surface area contributed by atoms with Gasteiger partial charge in [-0.15, -0.1) is 0 Å². The van der Waals surface area contributed by atoms with Crippen molar-refractivity contribution in [3.8, 4) is 11.6 Å². The number of aromatic nitrogens is 4. The largest absolute Gasteiger partial charge is 0.455 e. The van der Waals surface area contributed by atoms with Crippen LogP contribution in [0.3, 0.4) is 0 Å². The summed E-state index contributed by atoms with van der Waals surface area (Å²) in [5, 5.41) is 0. The second kappa shape index (κ2) is 7.05. The predicted molar refractivity (Wildman–Crippen MR) is 89.3 cm³/mol. The third-order valence-electron chi connectivity index (χ3n) is 4.43. The summed E-state index contributed by atoms with van der Waals surface area (Å²) < 4.78 is 16.1. The van der Waals surface area contributed by atoms with Crippen molar-refractivity contribution >= 4 is 0 Å². The molecule has 1 saturated heterocycles. The molecule has 0 N–H and O–H groups in total. The quantitative estimate of drug-likeness (QED) is 0.693. The number of nitrogens with zero attached hydrogens (tertiary/aromatic N) is 4. The number of aryl methyl sites for hydroxylation is 2. The van der Waals surface area contributed by atoms with Crippen molar-refractivity contribution in [3.05, 3.63) is 49.0 Å². The van der Waals surface area contributed by atoms with Gasteiger partial charge in [0.1, 0.15) is 11.9 Å². The van der Waals surface area contributed by atoms with E-state index in [0.29, 0.717) is 0 Å². The Hall–Kier alpha value is -2.34. The van der Waals surface area contributed by atoms with Gasteiger partial charge in [0, 0.05) is 44.5 Å². The molecule has 3 aromatic heterocycles. The Bertz CT molecular complexity index is 754. The standard InChI is InChI=1S/C18H22N4O2/c1-2-13-23-15(4-1)16-5-6-17(24-16)18-20-8-12-22(18)10-3-9-21-11-7-19-14-21/h5-8,11-12,14-15H,1-4,9-10,13H2/t15-/m1/s1. The maximum atomic E-state index is 6.04. The lowest BCUT2D eigenvalue weighted by atomic mass is 10.1. The van der Waals surface area contributed by atoms with Crippen molar-refractivity contribution in [1.29, 1.82) is 0 Å². The molecule has 6 heteroatoms. The normalized spacial score (nSPS) is 18.1. The van der Waals surface area contributed by atoms with E-state index in [4.69, 9.17) is 9.15 Å². The molecule has 0 saturated carbocycles. The number of imidazole rings is 2. The highest BCUT2D eigenvalue weighted by molar-refractivity contribution is 5.48. The van der Waals surface area contributed by atoms with Gasteiger partial charge in [0.25, 0.3) is 0 Å². The van der Waals surface area contributed by atoms with Gasteiger partial charge in [-0.05, 0) is 37.8 Å². The Labute approximate surface area is 141 Å². The molecule has 0 radical (unpaired) electrons. The summed E-state index contributed by atoms with van der Waals surface area (Å²) in [5.74, 6) is 2.60. The van der Waals surface area contributed by atoms with Crippen LogP contribution in [0, 0.1) is 0 Å². The van der Waals surface area contributed by atoms with Crippen LogP contribution in [0.1, 0.15) is 37.5 Å². The van der Waals surface area contributed by atoms with E-state index in [-0.39, 0.29) is 6.10 Å². The van der Waals surface area contributed by atoms with E-state index in [2.05, 4.69) is 19.1 Å². The van der Waals surface area contributed by atoms with Crippen molar-refractivity contribution in [1.82, 2.24) is 19.1 Å². The van der Waals surface area contributed by atoms with Crippen molar-refractivity contribution in [2.24, 2.45) is 0 Å². The molecule has 6 nitrogen and oxygen atoms in total. The van der Waals surface area contributed by atoms with Crippen molar-refractivity contribution in [3.63, 3.8) is 0 Å².